The molecule has 98 valence electrons. The van der Waals surface area contributed by atoms with Crippen molar-refractivity contribution in [2.75, 3.05) is 7.11 Å². The Kier molecular flexibility index (Phi) is 3.80. The van der Waals surface area contributed by atoms with Crippen LogP contribution in [0.25, 0.3) is 0 Å². The lowest BCUT2D eigenvalue weighted by Gasteiger charge is -2.04. The summed E-state index contributed by atoms with van der Waals surface area (Å²) in [5, 5.41) is 0. The van der Waals surface area contributed by atoms with Gasteiger partial charge in [-0.2, -0.15) is 0 Å². The predicted octanol–water partition coefficient (Wildman–Crippen LogP) is 2.87. The molecule has 0 unspecified atom stereocenters. The molecular formula is C15H16N2O2. The molecule has 0 aliphatic rings. The molecule has 4 nitrogen and oxygen atoms in total. The first-order valence-electron chi connectivity index (χ1n) is 5.96. The van der Waals surface area contributed by atoms with Gasteiger partial charge in [-0.3, -0.25) is 4.99 Å². The Morgan fingerprint density at radius 1 is 1.37 bits per heavy atom. The maximum Gasteiger partial charge on any atom is 0.337 e. The van der Waals surface area contributed by atoms with Crippen LogP contribution in [0.4, 0.5) is 5.69 Å². The quantitative estimate of drug-likeness (QED) is 0.626. The van der Waals surface area contributed by atoms with Crippen molar-refractivity contribution in [3.05, 3.63) is 53.3 Å². The molecule has 0 radical (unpaired) electrons. The minimum absolute atomic E-state index is 0.352. The zero-order valence-electron chi connectivity index (χ0n) is 11.3. The van der Waals surface area contributed by atoms with Crippen LogP contribution < -0.4 is 0 Å². The Bertz CT molecular complexity index is 627. The van der Waals surface area contributed by atoms with E-state index in [1.54, 1.807) is 18.3 Å². The third-order valence-corrected chi connectivity index (χ3v) is 2.95. The van der Waals surface area contributed by atoms with Crippen LogP contribution in [0.3, 0.4) is 0 Å². The van der Waals surface area contributed by atoms with Crippen LogP contribution in [0.15, 0.2) is 41.5 Å². The van der Waals surface area contributed by atoms with Crippen LogP contribution in [0.2, 0.25) is 0 Å². The summed E-state index contributed by atoms with van der Waals surface area (Å²) in [4.78, 5) is 15.9. The Labute approximate surface area is 112 Å². The van der Waals surface area contributed by atoms with E-state index in [9.17, 15) is 4.79 Å². The van der Waals surface area contributed by atoms with E-state index in [2.05, 4.69) is 4.99 Å². The topological polar surface area (TPSA) is 43.6 Å². The van der Waals surface area contributed by atoms with E-state index in [0.717, 1.165) is 16.9 Å². The molecule has 0 fully saturated rings. The van der Waals surface area contributed by atoms with Crippen LogP contribution in [0, 0.1) is 6.92 Å². The summed E-state index contributed by atoms with van der Waals surface area (Å²) < 4.78 is 6.68. The highest BCUT2D eigenvalue weighted by Gasteiger charge is 2.07. The maximum atomic E-state index is 11.5. The van der Waals surface area contributed by atoms with Gasteiger partial charge in [0.15, 0.2) is 0 Å². The molecule has 0 atom stereocenters. The number of aromatic nitrogens is 1. The normalized spacial score (nSPS) is 10.9. The lowest BCUT2D eigenvalue weighted by molar-refractivity contribution is 0.0601. The fourth-order valence-corrected chi connectivity index (χ4v) is 1.74. The summed E-state index contributed by atoms with van der Waals surface area (Å²) in [7, 11) is 3.33. The highest BCUT2D eigenvalue weighted by atomic mass is 16.5. The van der Waals surface area contributed by atoms with Gasteiger partial charge in [-0.15, -0.1) is 0 Å². The molecule has 0 saturated carbocycles. The number of rotatable bonds is 3. The highest BCUT2D eigenvalue weighted by molar-refractivity contribution is 5.91. The van der Waals surface area contributed by atoms with Gasteiger partial charge in [-0.05, 0) is 36.8 Å². The molecular weight excluding hydrogens is 240 g/mol. The predicted molar refractivity (Wildman–Crippen MR) is 75.2 cm³/mol. The zero-order chi connectivity index (χ0) is 13.8. The Balaban J connectivity index is 2.32. The van der Waals surface area contributed by atoms with Crippen LogP contribution in [0.1, 0.15) is 21.6 Å². The average Bonchev–Trinajstić information content (AvgIpc) is 2.82. The second kappa shape index (κ2) is 5.52. The zero-order valence-corrected chi connectivity index (χ0v) is 11.3. The van der Waals surface area contributed by atoms with Gasteiger partial charge in [-0.25, -0.2) is 4.79 Å². The number of hydrogen-bond donors (Lipinski definition) is 0. The molecule has 1 aromatic heterocycles. The van der Waals surface area contributed by atoms with Gasteiger partial charge in [-0.1, -0.05) is 6.07 Å². The van der Waals surface area contributed by atoms with E-state index in [1.807, 2.05) is 42.9 Å². The SMILES string of the molecule is COC(=O)c1ccc(C)c(N=Cc2cccn2C)c1. The summed E-state index contributed by atoms with van der Waals surface area (Å²) in [5.74, 6) is -0.352. The molecule has 1 heterocycles. The molecule has 4 heteroatoms. The Morgan fingerprint density at radius 2 is 2.16 bits per heavy atom. The van der Waals surface area contributed by atoms with Gasteiger partial charge in [0.25, 0.3) is 0 Å². The van der Waals surface area contributed by atoms with Crippen molar-refractivity contribution in [2.24, 2.45) is 12.0 Å². The minimum atomic E-state index is -0.352. The lowest BCUT2D eigenvalue weighted by atomic mass is 10.1. The van der Waals surface area contributed by atoms with Crippen molar-refractivity contribution < 1.29 is 9.53 Å². The Morgan fingerprint density at radius 3 is 2.79 bits per heavy atom. The third-order valence-electron chi connectivity index (χ3n) is 2.95. The van der Waals surface area contributed by atoms with Gasteiger partial charge >= 0.3 is 5.97 Å². The average molecular weight is 256 g/mol. The van der Waals surface area contributed by atoms with E-state index in [0.29, 0.717) is 5.56 Å². The summed E-state index contributed by atoms with van der Waals surface area (Å²) in [6.45, 7) is 1.96. The van der Waals surface area contributed by atoms with E-state index >= 15 is 0 Å². The molecule has 0 aliphatic carbocycles. The van der Waals surface area contributed by atoms with E-state index in [1.165, 1.54) is 7.11 Å². The van der Waals surface area contributed by atoms with Crippen LogP contribution in [-0.2, 0) is 11.8 Å². The summed E-state index contributed by atoms with van der Waals surface area (Å²) in [6, 6.07) is 9.27. The summed E-state index contributed by atoms with van der Waals surface area (Å²) >= 11 is 0. The van der Waals surface area contributed by atoms with Crippen molar-refractivity contribution >= 4 is 17.9 Å². The number of methoxy groups -OCH3 is 1. The second-order valence-corrected chi connectivity index (χ2v) is 4.30. The molecule has 2 rings (SSSR count). The molecule has 0 bridgehead atoms. The number of ether oxygens (including phenoxy) is 1. The molecule has 2 aromatic rings. The number of carbonyl (C=O) groups is 1. The smallest absolute Gasteiger partial charge is 0.337 e. The number of nitrogens with zero attached hydrogens (tertiary/aromatic N) is 2. The van der Waals surface area contributed by atoms with Crippen molar-refractivity contribution in [1.82, 2.24) is 4.57 Å². The van der Waals surface area contributed by atoms with Crippen molar-refractivity contribution in [2.45, 2.75) is 6.92 Å². The molecule has 0 aliphatic heterocycles. The number of carbonyl (C=O) groups excluding carboxylic acids is 1. The first-order chi connectivity index (χ1) is 9.11. The number of benzene rings is 1. The van der Waals surface area contributed by atoms with Gasteiger partial charge < -0.3 is 9.30 Å². The van der Waals surface area contributed by atoms with Crippen molar-refractivity contribution in [3.8, 4) is 0 Å². The van der Waals surface area contributed by atoms with Gasteiger partial charge in [0.2, 0.25) is 0 Å². The van der Waals surface area contributed by atoms with Crippen LogP contribution in [-0.4, -0.2) is 23.9 Å². The first-order valence-corrected chi connectivity index (χ1v) is 5.96. The molecule has 0 amide bonds. The molecule has 19 heavy (non-hydrogen) atoms. The van der Waals surface area contributed by atoms with Gasteiger partial charge in [0.05, 0.1) is 30.3 Å². The second-order valence-electron chi connectivity index (χ2n) is 4.30. The lowest BCUT2D eigenvalue weighted by Crippen LogP contribution is -2.00. The largest absolute Gasteiger partial charge is 0.465 e. The number of aliphatic imine (C=N–C) groups is 1. The van der Waals surface area contributed by atoms with Crippen molar-refractivity contribution in [3.63, 3.8) is 0 Å². The fourth-order valence-electron chi connectivity index (χ4n) is 1.74. The van der Waals surface area contributed by atoms with Gasteiger partial charge in [0, 0.05) is 13.2 Å². The molecule has 0 spiro atoms. The number of esters is 1. The molecule has 0 N–H and O–H groups in total. The molecule has 1 aromatic carbocycles. The maximum absolute atomic E-state index is 11.5. The minimum Gasteiger partial charge on any atom is -0.465 e. The van der Waals surface area contributed by atoms with Crippen LogP contribution >= 0.6 is 0 Å². The highest BCUT2D eigenvalue weighted by Crippen LogP contribution is 2.20. The summed E-state index contributed by atoms with van der Waals surface area (Å²) in [6.07, 6.45) is 3.74. The fraction of sp³-hybridized carbons (Fsp3) is 0.200. The number of hydrogen-bond acceptors (Lipinski definition) is 3. The molecule has 0 saturated heterocycles. The number of aryl methyl sites for hydroxylation is 2. The summed E-state index contributed by atoms with van der Waals surface area (Å²) in [5.41, 5.74) is 3.29. The first kappa shape index (κ1) is 13.1. The van der Waals surface area contributed by atoms with E-state index in [4.69, 9.17) is 4.74 Å². The standard InChI is InChI=1S/C15H16N2O2/c1-11-6-7-12(15(18)19-3)9-14(11)16-10-13-5-4-8-17(13)2/h4-10H,1-3H3. The van der Waals surface area contributed by atoms with E-state index < -0.39 is 0 Å². The third kappa shape index (κ3) is 2.91. The van der Waals surface area contributed by atoms with Crippen molar-refractivity contribution in [1.29, 1.82) is 0 Å². The van der Waals surface area contributed by atoms with Gasteiger partial charge in [0.1, 0.15) is 0 Å². The monoisotopic (exact) mass is 256 g/mol. The Hall–Kier alpha value is -2.36. The van der Waals surface area contributed by atoms with E-state index in [-0.39, 0.29) is 5.97 Å². The van der Waals surface area contributed by atoms with Crippen LogP contribution in [0.5, 0.6) is 0 Å².